The molecule has 3 unspecified atom stereocenters. The van der Waals surface area contributed by atoms with Crippen LogP contribution in [0.4, 0.5) is 0 Å². The van der Waals surface area contributed by atoms with E-state index in [0.717, 1.165) is 31.5 Å². The summed E-state index contributed by atoms with van der Waals surface area (Å²) in [4.78, 5) is 2.42. The van der Waals surface area contributed by atoms with Gasteiger partial charge in [0.1, 0.15) is 0 Å². The smallest absolute Gasteiger partial charge is 0.231 e. The topological polar surface area (TPSA) is 57.0 Å². The number of hydrogen-bond donors (Lipinski definition) is 1. The van der Waals surface area contributed by atoms with Gasteiger partial charge < -0.3 is 19.9 Å². The van der Waals surface area contributed by atoms with Crippen LogP contribution in [0.5, 0.6) is 11.5 Å². The van der Waals surface area contributed by atoms with Gasteiger partial charge >= 0.3 is 0 Å². The highest BCUT2D eigenvalue weighted by atomic mass is 35.5. The third-order valence-corrected chi connectivity index (χ3v) is 4.85. The number of hydrogen-bond acceptors (Lipinski definition) is 5. The van der Waals surface area contributed by atoms with Gasteiger partial charge in [0, 0.05) is 25.7 Å². The number of likely N-dealkylation sites (tertiary alicyclic amines) is 1. The summed E-state index contributed by atoms with van der Waals surface area (Å²) < 4.78 is 16.7. The van der Waals surface area contributed by atoms with Crippen molar-refractivity contribution < 1.29 is 14.2 Å². The number of fused-ring (bicyclic) bond motifs is 3. The van der Waals surface area contributed by atoms with Gasteiger partial charge in [0.25, 0.3) is 0 Å². The molecule has 0 aliphatic carbocycles. The molecule has 114 valence electrons. The van der Waals surface area contributed by atoms with E-state index in [4.69, 9.17) is 31.5 Å². The molecule has 1 aromatic rings. The number of nitrogens with zero attached hydrogens (tertiary/aromatic N) is 1. The lowest BCUT2D eigenvalue weighted by Crippen LogP contribution is -2.46. The average molecular weight is 311 g/mol. The van der Waals surface area contributed by atoms with Crippen LogP contribution < -0.4 is 15.2 Å². The summed E-state index contributed by atoms with van der Waals surface area (Å²) in [6.07, 6.45) is 3.00. The van der Waals surface area contributed by atoms with Gasteiger partial charge in [-0.25, -0.2) is 0 Å². The molecule has 3 heterocycles. The van der Waals surface area contributed by atoms with Gasteiger partial charge in [-0.2, -0.15) is 0 Å². The molecule has 5 nitrogen and oxygen atoms in total. The summed E-state index contributed by atoms with van der Waals surface area (Å²) in [6.45, 7) is 2.65. The second kappa shape index (κ2) is 5.32. The van der Waals surface area contributed by atoms with Crippen LogP contribution in [-0.4, -0.2) is 43.5 Å². The van der Waals surface area contributed by atoms with Crippen LogP contribution in [-0.2, 0) is 4.74 Å². The SMILES string of the molecule is NCC(c1cc(Cl)c2c(c1)OCO2)N1CC2CCC(C1)O2. The fourth-order valence-corrected chi connectivity index (χ4v) is 3.85. The van der Waals surface area contributed by atoms with Crippen molar-refractivity contribution in [2.45, 2.75) is 31.1 Å². The minimum absolute atomic E-state index is 0.143. The Kier molecular flexibility index (Phi) is 3.46. The number of nitrogens with two attached hydrogens (primary N) is 1. The Morgan fingerprint density at radius 1 is 1.24 bits per heavy atom. The Morgan fingerprint density at radius 3 is 2.71 bits per heavy atom. The van der Waals surface area contributed by atoms with Gasteiger partial charge in [0.05, 0.1) is 17.2 Å². The maximum atomic E-state index is 6.30. The molecule has 21 heavy (non-hydrogen) atoms. The monoisotopic (exact) mass is 310 g/mol. The molecule has 0 radical (unpaired) electrons. The Hall–Kier alpha value is -1.01. The first-order chi connectivity index (χ1) is 10.2. The zero-order valence-corrected chi connectivity index (χ0v) is 12.5. The predicted molar refractivity (Wildman–Crippen MR) is 78.8 cm³/mol. The number of benzene rings is 1. The lowest BCUT2D eigenvalue weighted by atomic mass is 10.0. The Balaban J connectivity index is 1.62. The van der Waals surface area contributed by atoms with Crippen molar-refractivity contribution in [2.24, 2.45) is 5.73 Å². The molecule has 2 saturated heterocycles. The summed E-state index contributed by atoms with van der Waals surface area (Å²) in [5, 5.41) is 0.592. The molecular weight excluding hydrogens is 292 g/mol. The van der Waals surface area contributed by atoms with E-state index in [2.05, 4.69) is 4.90 Å². The van der Waals surface area contributed by atoms with E-state index in [0.29, 0.717) is 35.3 Å². The number of ether oxygens (including phenoxy) is 3. The molecule has 3 aliphatic rings. The van der Waals surface area contributed by atoms with Gasteiger partial charge in [-0.3, -0.25) is 4.90 Å². The number of halogens is 1. The summed E-state index contributed by atoms with van der Waals surface area (Å²) >= 11 is 6.30. The van der Waals surface area contributed by atoms with E-state index < -0.39 is 0 Å². The number of morpholine rings is 1. The molecule has 0 spiro atoms. The van der Waals surface area contributed by atoms with Crippen LogP contribution in [0.1, 0.15) is 24.4 Å². The van der Waals surface area contributed by atoms with Gasteiger partial charge in [-0.15, -0.1) is 0 Å². The van der Waals surface area contributed by atoms with Crippen LogP contribution in [0.2, 0.25) is 5.02 Å². The van der Waals surface area contributed by atoms with Crippen LogP contribution in [0.3, 0.4) is 0 Å². The fraction of sp³-hybridized carbons (Fsp3) is 0.600. The Morgan fingerprint density at radius 2 is 2.00 bits per heavy atom. The quantitative estimate of drug-likeness (QED) is 0.924. The first-order valence-electron chi connectivity index (χ1n) is 7.43. The van der Waals surface area contributed by atoms with Crippen LogP contribution in [0.15, 0.2) is 12.1 Å². The van der Waals surface area contributed by atoms with Crippen molar-refractivity contribution in [1.82, 2.24) is 4.90 Å². The van der Waals surface area contributed by atoms with Crippen molar-refractivity contribution in [3.8, 4) is 11.5 Å². The van der Waals surface area contributed by atoms with E-state index in [9.17, 15) is 0 Å². The highest BCUT2D eigenvalue weighted by Gasteiger charge is 2.37. The maximum Gasteiger partial charge on any atom is 0.231 e. The summed E-state index contributed by atoms with van der Waals surface area (Å²) in [5.41, 5.74) is 7.14. The van der Waals surface area contributed by atoms with Crippen LogP contribution in [0.25, 0.3) is 0 Å². The van der Waals surface area contributed by atoms with Gasteiger partial charge in [-0.1, -0.05) is 11.6 Å². The van der Waals surface area contributed by atoms with Crippen LogP contribution >= 0.6 is 11.6 Å². The van der Waals surface area contributed by atoms with E-state index >= 15 is 0 Å². The Labute approximate surface area is 128 Å². The third-order valence-electron chi connectivity index (χ3n) is 4.57. The number of rotatable bonds is 3. The highest BCUT2D eigenvalue weighted by Crippen LogP contribution is 2.42. The fourth-order valence-electron chi connectivity index (χ4n) is 3.58. The van der Waals surface area contributed by atoms with Gasteiger partial charge in [-0.05, 0) is 30.5 Å². The molecule has 4 rings (SSSR count). The zero-order chi connectivity index (χ0) is 14.4. The lowest BCUT2D eigenvalue weighted by Gasteiger charge is -2.37. The largest absolute Gasteiger partial charge is 0.454 e. The molecule has 1 aromatic carbocycles. The molecule has 2 N–H and O–H groups in total. The Bertz CT molecular complexity index is 542. The van der Waals surface area contributed by atoms with Gasteiger partial charge in [0.15, 0.2) is 11.5 Å². The molecule has 0 amide bonds. The molecule has 3 atom stereocenters. The van der Waals surface area contributed by atoms with Crippen molar-refractivity contribution in [3.63, 3.8) is 0 Å². The van der Waals surface area contributed by atoms with Crippen LogP contribution in [0, 0.1) is 0 Å². The van der Waals surface area contributed by atoms with Crippen molar-refractivity contribution >= 4 is 11.6 Å². The van der Waals surface area contributed by atoms with E-state index in [1.54, 1.807) is 0 Å². The highest BCUT2D eigenvalue weighted by molar-refractivity contribution is 6.32. The van der Waals surface area contributed by atoms with Crippen molar-refractivity contribution in [3.05, 3.63) is 22.7 Å². The lowest BCUT2D eigenvalue weighted by molar-refractivity contribution is -0.0521. The molecule has 2 fully saturated rings. The molecule has 0 saturated carbocycles. The predicted octanol–water partition coefficient (Wildman–Crippen LogP) is 1.93. The molecule has 0 aromatic heterocycles. The van der Waals surface area contributed by atoms with E-state index in [1.165, 1.54) is 0 Å². The molecular formula is C15H19ClN2O3. The average Bonchev–Trinajstić information content (AvgIpc) is 3.07. The van der Waals surface area contributed by atoms with E-state index in [-0.39, 0.29) is 12.8 Å². The van der Waals surface area contributed by atoms with Crippen molar-refractivity contribution in [1.29, 1.82) is 0 Å². The summed E-state index contributed by atoms with van der Waals surface area (Å²) in [7, 11) is 0. The second-order valence-electron chi connectivity index (χ2n) is 5.90. The summed E-state index contributed by atoms with van der Waals surface area (Å²) in [6, 6.07) is 4.09. The maximum absolute atomic E-state index is 6.30. The van der Waals surface area contributed by atoms with Gasteiger partial charge in [0.2, 0.25) is 6.79 Å². The minimum atomic E-state index is 0.143. The van der Waals surface area contributed by atoms with E-state index in [1.807, 2.05) is 12.1 Å². The normalized spacial score (nSPS) is 28.9. The van der Waals surface area contributed by atoms with Crippen molar-refractivity contribution in [2.75, 3.05) is 26.4 Å². The molecule has 3 aliphatic heterocycles. The zero-order valence-electron chi connectivity index (χ0n) is 11.8. The summed E-state index contributed by atoms with van der Waals surface area (Å²) in [5.74, 6) is 1.35. The second-order valence-corrected chi connectivity index (χ2v) is 6.31. The standard InChI is InChI=1S/C15H19ClN2O3/c16-12-3-9(4-14-15(12)20-8-19-14)13(5-17)18-6-10-1-2-11(7-18)21-10/h3-4,10-11,13H,1-2,5-8,17H2. The minimum Gasteiger partial charge on any atom is -0.454 e. The molecule has 6 heteroatoms. The molecule has 2 bridgehead atoms. The first kappa shape index (κ1) is 13.6. The third kappa shape index (κ3) is 2.38. The first-order valence-corrected chi connectivity index (χ1v) is 7.81.